The molecule has 0 bridgehead atoms. The SMILES string of the molecule is CCCCOc1cccc(/C(O)=C2\C(=O)C(=O)N(c3nc4ccc(OC)cc4s3)C2c2cccc(OC)c2)c1. The lowest BCUT2D eigenvalue weighted by Gasteiger charge is -2.23. The first-order chi connectivity index (χ1) is 18.9. The molecule has 0 saturated carbocycles. The number of carbonyl (C=O) groups excluding carboxylic acids is 2. The van der Waals surface area contributed by atoms with Crippen molar-refractivity contribution in [1.82, 2.24) is 4.98 Å². The van der Waals surface area contributed by atoms with Gasteiger partial charge in [0, 0.05) is 5.56 Å². The standard InChI is InChI=1S/C30H28N2O6S/c1-4-5-14-38-22-11-7-9-19(16-22)27(33)25-26(18-8-6-10-20(15-18)36-2)32(29(35)28(25)34)30-31-23-13-12-21(37-3)17-24(23)39-30/h6-13,15-17,26,33H,4-5,14H2,1-3H3/b27-25+. The Hall–Kier alpha value is -4.37. The van der Waals surface area contributed by atoms with E-state index in [2.05, 4.69) is 11.9 Å². The van der Waals surface area contributed by atoms with Crippen LogP contribution in [0.5, 0.6) is 17.2 Å². The summed E-state index contributed by atoms with van der Waals surface area (Å²) < 4.78 is 17.3. The number of nitrogens with zero attached hydrogens (tertiary/aromatic N) is 2. The summed E-state index contributed by atoms with van der Waals surface area (Å²) >= 11 is 1.27. The van der Waals surface area contributed by atoms with Crippen LogP contribution < -0.4 is 19.1 Å². The maximum absolute atomic E-state index is 13.5. The second-order valence-corrected chi connectivity index (χ2v) is 10.0. The number of hydrogen-bond donors (Lipinski definition) is 1. The number of benzene rings is 3. The highest BCUT2D eigenvalue weighted by atomic mass is 32.1. The van der Waals surface area contributed by atoms with E-state index >= 15 is 0 Å². The number of rotatable bonds is 9. The van der Waals surface area contributed by atoms with Gasteiger partial charge in [-0.05, 0) is 54.4 Å². The van der Waals surface area contributed by atoms with Crippen molar-refractivity contribution in [1.29, 1.82) is 0 Å². The topological polar surface area (TPSA) is 98.2 Å². The molecule has 1 aliphatic heterocycles. The average molecular weight is 545 g/mol. The second-order valence-electron chi connectivity index (χ2n) is 9.01. The van der Waals surface area contributed by atoms with Crippen molar-refractivity contribution in [2.24, 2.45) is 0 Å². The van der Waals surface area contributed by atoms with E-state index < -0.39 is 17.7 Å². The van der Waals surface area contributed by atoms with Gasteiger partial charge in [-0.3, -0.25) is 14.5 Å². The van der Waals surface area contributed by atoms with Crippen molar-refractivity contribution in [3.8, 4) is 17.2 Å². The minimum Gasteiger partial charge on any atom is -0.507 e. The predicted molar refractivity (Wildman–Crippen MR) is 151 cm³/mol. The average Bonchev–Trinajstić information content (AvgIpc) is 3.50. The molecule has 1 amide bonds. The molecule has 200 valence electrons. The number of aliphatic hydroxyl groups excluding tert-OH is 1. The van der Waals surface area contributed by atoms with E-state index in [0.29, 0.717) is 45.6 Å². The van der Waals surface area contributed by atoms with Crippen LogP contribution in [-0.4, -0.2) is 42.6 Å². The number of methoxy groups -OCH3 is 2. The Balaban J connectivity index is 1.66. The molecule has 1 saturated heterocycles. The summed E-state index contributed by atoms with van der Waals surface area (Å²) in [6.07, 6.45) is 1.88. The second kappa shape index (κ2) is 11.2. The van der Waals surface area contributed by atoms with Crippen LogP contribution in [-0.2, 0) is 9.59 Å². The molecule has 1 fully saturated rings. The first-order valence-electron chi connectivity index (χ1n) is 12.6. The lowest BCUT2D eigenvalue weighted by molar-refractivity contribution is -0.132. The third-order valence-corrected chi connectivity index (χ3v) is 7.54. The number of ketones is 1. The summed E-state index contributed by atoms with van der Waals surface area (Å²) in [5, 5.41) is 11.8. The molecule has 1 aliphatic rings. The lowest BCUT2D eigenvalue weighted by Crippen LogP contribution is -2.29. The Morgan fingerprint density at radius 2 is 1.72 bits per heavy atom. The summed E-state index contributed by atoms with van der Waals surface area (Å²) in [6.45, 7) is 2.61. The molecular formula is C30H28N2O6S. The first kappa shape index (κ1) is 26.2. The van der Waals surface area contributed by atoms with Gasteiger partial charge in [-0.2, -0.15) is 0 Å². The van der Waals surface area contributed by atoms with E-state index in [1.165, 1.54) is 16.2 Å². The molecular weight excluding hydrogens is 516 g/mol. The maximum atomic E-state index is 13.5. The van der Waals surface area contributed by atoms with Gasteiger partial charge in [0.05, 0.1) is 42.7 Å². The third kappa shape index (κ3) is 5.05. The molecule has 1 unspecified atom stereocenters. The highest BCUT2D eigenvalue weighted by Gasteiger charge is 2.48. The maximum Gasteiger partial charge on any atom is 0.301 e. The predicted octanol–water partition coefficient (Wildman–Crippen LogP) is 6.12. The van der Waals surface area contributed by atoms with E-state index in [-0.39, 0.29) is 11.3 Å². The molecule has 2 heterocycles. The Morgan fingerprint density at radius 1 is 0.974 bits per heavy atom. The van der Waals surface area contributed by atoms with E-state index in [0.717, 1.165) is 17.5 Å². The smallest absolute Gasteiger partial charge is 0.301 e. The largest absolute Gasteiger partial charge is 0.507 e. The molecule has 1 N–H and O–H groups in total. The Labute approximate surface area is 230 Å². The van der Waals surface area contributed by atoms with Gasteiger partial charge in [0.15, 0.2) is 5.13 Å². The van der Waals surface area contributed by atoms with Crippen molar-refractivity contribution in [2.75, 3.05) is 25.7 Å². The van der Waals surface area contributed by atoms with Crippen LogP contribution in [0.1, 0.15) is 36.9 Å². The number of amides is 1. The normalized spacial score (nSPS) is 16.6. The van der Waals surface area contributed by atoms with Crippen LogP contribution in [0.4, 0.5) is 5.13 Å². The molecule has 9 heteroatoms. The van der Waals surface area contributed by atoms with Gasteiger partial charge < -0.3 is 19.3 Å². The van der Waals surface area contributed by atoms with E-state index in [1.807, 2.05) is 6.07 Å². The van der Waals surface area contributed by atoms with Crippen molar-refractivity contribution in [3.63, 3.8) is 0 Å². The van der Waals surface area contributed by atoms with Crippen molar-refractivity contribution in [3.05, 3.63) is 83.4 Å². The zero-order valence-electron chi connectivity index (χ0n) is 21.8. The summed E-state index contributed by atoms with van der Waals surface area (Å²) in [5.41, 5.74) is 1.61. The van der Waals surface area contributed by atoms with Gasteiger partial charge in [0.1, 0.15) is 23.0 Å². The van der Waals surface area contributed by atoms with Crippen molar-refractivity contribution >= 4 is 44.1 Å². The third-order valence-electron chi connectivity index (χ3n) is 6.52. The Morgan fingerprint density at radius 3 is 2.49 bits per heavy atom. The highest BCUT2D eigenvalue weighted by Crippen LogP contribution is 2.45. The number of carbonyl (C=O) groups is 2. The number of thiazole rings is 1. The summed E-state index contributed by atoms with van der Waals surface area (Å²) in [4.78, 5) is 33.1. The van der Waals surface area contributed by atoms with E-state index in [1.54, 1.807) is 74.9 Å². The van der Waals surface area contributed by atoms with Gasteiger partial charge >= 0.3 is 5.91 Å². The highest BCUT2D eigenvalue weighted by molar-refractivity contribution is 7.22. The molecule has 8 nitrogen and oxygen atoms in total. The van der Waals surface area contributed by atoms with Crippen molar-refractivity contribution in [2.45, 2.75) is 25.8 Å². The van der Waals surface area contributed by atoms with Gasteiger partial charge in [-0.25, -0.2) is 4.98 Å². The number of aromatic nitrogens is 1. The number of fused-ring (bicyclic) bond motifs is 1. The molecule has 3 aromatic carbocycles. The number of aliphatic hydroxyl groups is 1. The van der Waals surface area contributed by atoms with Crippen LogP contribution >= 0.6 is 11.3 Å². The number of ether oxygens (including phenoxy) is 3. The zero-order valence-corrected chi connectivity index (χ0v) is 22.7. The summed E-state index contributed by atoms with van der Waals surface area (Å²) in [7, 11) is 3.12. The molecule has 4 aromatic rings. The van der Waals surface area contributed by atoms with Crippen LogP contribution in [0.3, 0.4) is 0 Å². The van der Waals surface area contributed by atoms with Crippen LogP contribution in [0.2, 0.25) is 0 Å². The number of hydrogen-bond acceptors (Lipinski definition) is 8. The lowest BCUT2D eigenvalue weighted by atomic mass is 9.95. The van der Waals surface area contributed by atoms with Crippen molar-refractivity contribution < 1.29 is 28.9 Å². The Kier molecular flexibility index (Phi) is 7.51. The van der Waals surface area contributed by atoms with Gasteiger partial charge in [0.25, 0.3) is 5.78 Å². The summed E-state index contributed by atoms with van der Waals surface area (Å²) in [6, 6.07) is 18.5. The number of unbranched alkanes of at least 4 members (excludes halogenated alkanes) is 1. The van der Waals surface area contributed by atoms with Gasteiger partial charge in [-0.15, -0.1) is 0 Å². The minimum absolute atomic E-state index is 0.0317. The molecule has 0 aliphatic carbocycles. The minimum atomic E-state index is -0.924. The molecule has 5 rings (SSSR count). The first-order valence-corrected chi connectivity index (χ1v) is 13.4. The molecule has 39 heavy (non-hydrogen) atoms. The number of Topliss-reactive ketones (excluding diaryl/α,β-unsaturated/α-hetero) is 1. The monoisotopic (exact) mass is 544 g/mol. The van der Waals surface area contributed by atoms with Gasteiger partial charge in [0.2, 0.25) is 0 Å². The van der Waals surface area contributed by atoms with Crippen LogP contribution in [0.25, 0.3) is 16.0 Å². The quantitative estimate of drug-likeness (QED) is 0.117. The Bertz CT molecular complexity index is 1580. The fraction of sp³-hybridized carbons (Fsp3) is 0.233. The van der Waals surface area contributed by atoms with E-state index in [9.17, 15) is 14.7 Å². The molecule has 0 radical (unpaired) electrons. The molecule has 1 atom stereocenters. The fourth-order valence-corrected chi connectivity index (χ4v) is 5.52. The molecule has 1 aromatic heterocycles. The van der Waals surface area contributed by atoms with Gasteiger partial charge in [-0.1, -0.05) is 48.9 Å². The zero-order chi connectivity index (χ0) is 27.5. The van der Waals surface area contributed by atoms with E-state index in [4.69, 9.17) is 14.2 Å². The fourth-order valence-electron chi connectivity index (χ4n) is 4.50. The number of anilines is 1. The molecule has 0 spiro atoms. The summed E-state index contributed by atoms with van der Waals surface area (Å²) in [5.74, 6) is -0.0732. The van der Waals surface area contributed by atoms with Crippen LogP contribution in [0, 0.1) is 0 Å². The van der Waals surface area contributed by atoms with Crippen LogP contribution in [0.15, 0.2) is 72.3 Å².